The number of hydrogen-bond acceptors (Lipinski definition) is 3. The van der Waals surface area contributed by atoms with E-state index in [0.29, 0.717) is 11.7 Å². The number of benzene rings is 1. The molecule has 0 aliphatic heterocycles. The van der Waals surface area contributed by atoms with Crippen molar-refractivity contribution in [2.75, 3.05) is 7.11 Å². The van der Waals surface area contributed by atoms with Gasteiger partial charge in [0.1, 0.15) is 11.3 Å². The maximum atomic E-state index is 12.6. The molecule has 2 aromatic rings. The van der Waals surface area contributed by atoms with Gasteiger partial charge in [0.15, 0.2) is 5.76 Å². The summed E-state index contributed by atoms with van der Waals surface area (Å²) in [5.74, 6) is 1.61. The molecule has 22 heavy (non-hydrogen) atoms. The van der Waals surface area contributed by atoms with Crippen molar-refractivity contribution in [2.24, 2.45) is 5.92 Å². The Morgan fingerprint density at radius 2 is 2.09 bits per heavy atom. The van der Waals surface area contributed by atoms with Crippen LogP contribution < -0.4 is 10.1 Å². The van der Waals surface area contributed by atoms with E-state index in [2.05, 4.69) is 12.2 Å². The molecule has 3 rings (SSSR count). The molecule has 0 saturated heterocycles. The van der Waals surface area contributed by atoms with Crippen LogP contribution in [0, 0.1) is 12.8 Å². The summed E-state index contributed by atoms with van der Waals surface area (Å²) < 4.78 is 11.0. The molecule has 1 heterocycles. The van der Waals surface area contributed by atoms with Crippen molar-refractivity contribution in [3.8, 4) is 5.75 Å². The number of methoxy groups -OCH3 is 1. The van der Waals surface area contributed by atoms with Crippen LogP contribution in [-0.4, -0.2) is 19.1 Å². The zero-order chi connectivity index (χ0) is 15.7. The van der Waals surface area contributed by atoms with Gasteiger partial charge in [-0.25, -0.2) is 0 Å². The molecule has 1 aliphatic rings. The Bertz CT molecular complexity index is 689. The van der Waals surface area contributed by atoms with Crippen LogP contribution in [-0.2, 0) is 0 Å². The minimum Gasteiger partial charge on any atom is -0.497 e. The first-order chi connectivity index (χ1) is 10.6. The standard InChI is InChI=1S/C18H23NO3/c1-11-6-4-5-7-15(11)19-18(20)17-12(2)14-10-13(21-3)8-9-16(14)22-17/h8-11,15H,4-7H2,1-3H3,(H,19,20)/t11-,15-/m0/s1. The summed E-state index contributed by atoms with van der Waals surface area (Å²) in [4.78, 5) is 12.6. The Labute approximate surface area is 130 Å². The van der Waals surface area contributed by atoms with Crippen LogP contribution in [0.5, 0.6) is 5.75 Å². The molecule has 1 fully saturated rings. The molecule has 2 atom stereocenters. The normalized spacial score (nSPS) is 21.8. The van der Waals surface area contributed by atoms with E-state index in [4.69, 9.17) is 9.15 Å². The van der Waals surface area contributed by atoms with Crippen LogP contribution >= 0.6 is 0 Å². The van der Waals surface area contributed by atoms with E-state index in [0.717, 1.165) is 28.7 Å². The van der Waals surface area contributed by atoms with Crippen LogP contribution in [0.2, 0.25) is 0 Å². The third-order valence-corrected chi connectivity index (χ3v) is 4.78. The number of furan rings is 1. The average Bonchev–Trinajstić information content (AvgIpc) is 2.86. The lowest BCUT2D eigenvalue weighted by molar-refractivity contribution is 0.0883. The van der Waals surface area contributed by atoms with Gasteiger partial charge in [-0.15, -0.1) is 0 Å². The number of ether oxygens (including phenoxy) is 1. The topological polar surface area (TPSA) is 51.5 Å². The highest BCUT2D eigenvalue weighted by molar-refractivity contribution is 5.99. The molecule has 4 nitrogen and oxygen atoms in total. The number of carbonyl (C=O) groups excluding carboxylic acids is 1. The molecule has 1 aromatic carbocycles. The van der Waals surface area contributed by atoms with Crippen molar-refractivity contribution >= 4 is 16.9 Å². The number of carbonyl (C=O) groups is 1. The first kappa shape index (κ1) is 14.9. The molecular formula is C18H23NO3. The second-order valence-electron chi connectivity index (χ2n) is 6.26. The Morgan fingerprint density at radius 3 is 2.82 bits per heavy atom. The minimum absolute atomic E-state index is 0.105. The molecule has 4 heteroatoms. The van der Waals surface area contributed by atoms with Crippen molar-refractivity contribution in [2.45, 2.75) is 45.6 Å². The van der Waals surface area contributed by atoms with Crippen LogP contribution in [0.25, 0.3) is 11.0 Å². The molecule has 1 amide bonds. The monoisotopic (exact) mass is 301 g/mol. The summed E-state index contributed by atoms with van der Waals surface area (Å²) in [6.07, 6.45) is 4.68. The Balaban J connectivity index is 1.86. The fourth-order valence-electron chi connectivity index (χ4n) is 3.31. The van der Waals surface area contributed by atoms with Gasteiger partial charge in [-0.1, -0.05) is 19.8 Å². The van der Waals surface area contributed by atoms with Crippen molar-refractivity contribution in [3.63, 3.8) is 0 Å². The van der Waals surface area contributed by atoms with Gasteiger partial charge in [0.05, 0.1) is 7.11 Å². The second kappa shape index (κ2) is 6.03. The van der Waals surface area contributed by atoms with E-state index in [1.165, 1.54) is 19.3 Å². The third kappa shape index (κ3) is 2.70. The largest absolute Gasteiger partial charge is 0.497 e. The Morgan fingerprint density at radius 1 is 1.32 bits per heavy atom. The quantitative estimate of drug-likeness (QED) is 0.930. The fraction of sp³-hybridized carbons (Fsp3) is 0.500. The number of amides is 1. The van der Waals surface area contributed by atoms with E-state index in [9.17, 15) is 4.79 Å². The maximum absolute atomic E-state index is 12.6. The Hall–Kier alpha value is -1.97. The first-order valence-corrected chi connectivity index (χ1v) is 7.98. The van der Waals surface area contributed by atoms with Gasteiger partial charge in [-0.2, -0.15) is 0 Å². The van der Waals surface area contributed by atoms with E-state index >= 15 is 0 Å². The zero-order valence-electron chi connectivity index (χ0n) is 13.4. The predicted octanol–water partition coefficient (Wildman–Crippen LogP) is 4.06. The van der Waals surface area contributed by atoms with Crippen LogP contribution in [0.1, 0.15) is 48.7 Å². The lowest BCUT2D eigenvalue weighted by Gasteiger charge is -2.29. The van der Waals surface area contributed by atoms with Crippen molar-refractivity contribution < 1.29 is 13.9 Å². The molecule has 1 N–H and O–H groups in total. The summed E-state index contributed by atoms with van der Waals surface area (Å²) >= 11 is 0. The molecular weight excluding hydrogens is 278 g/mol. The summed E-state index contributed by atoms with van der Waals surface area (Å²) in [6.45, 7) is 4.13. The van der Waals surface area contributed by atoms with Gasteiger partial charge >= 0.3 is 0 Å². The van der Waals surface area contributed by atoms with Gasteiger partial charge in [-0.3, -0.25) is 4.79 Å². The molecule has 1 saturated carbocycles. The molecule has 118 valence electrons. The number of fused-ring (bicyclic) bond motifs is 1. The van der Waals surface area contributed by atoms with Gasteiger partial charge in [0.2, 0.25) is 0 Å². The van der Waals surface area contributed by atoms with E-state index < -0.39 is 0 Å². The van der Waals surface area contributed by atoms with Crippen molar-refractivity contribution in [3.05, 3.63) is 29.5 Å². The number of hydrogen-bond donors (Lipinski definition) is 1. The molecule has 0 unspecified atom stereocenters. The number of rotatable bonds is 3. The smallest absolute Gasteiger partial charge is 0.287 e. The van der Waals surface area contributed by atoms with Crippen molar-refractivity contribution in [1.82, 2.24) is 5.32 Å². The summed E-state index contributed by atoms with van der Waals surface area (Å²) in [5.41, 5.74) is 1.59. The fourth-order valence-corrected chi connectivity index (χ4v) is 3.31. The molecule has 0 spiro atoms. The van der Waals surface area contributed by atoms with Gasteiger partial charge < -0.3 is 14.5 Å². The highest BCUT2D eigenvalue weighted by Crippen LogP contribution is 2.29. The third-order valence-electron chi connectivity index (χ3n) is 4.78. The average molecular weight is 301 g/mol. The summed E-state index contributed by atoms with van der Waals surface area (Å²) in [7, 11) is 1.63. The lowest BCUT2D eigenvalue weighted by Crippen LogP contribution is -2.41. The Kier molecular flexibility index (Phi) is 4.10. The van der Waals surface area contributed by atoms with E-state index in [-0.39, 0.29) is 11.9 Å². The molecule has 0 radical (unpaired) electrons. The van der Waals surface area contributed by atoms with Gasteiger partial charge in [-0.05, 0) is 43.9 Å². The SMILES string of the molecule is COc1ccc2oc(C(=O)N[C@H]3CCCC[C@@H]3C)c(C)c2c1. The minimum atomic E-state index is -0.105. The molecule has 1 aromatic heterocycles. The summed E-state index contributed by atoms with van der Waals surface area (Å²) in [6, 6.07) is 5.86. The van der Waals surface area contributed by atoms with E-state index in [1.54, 1.807) is 7.11 Å². The maximum Gasteiger partial charge on any atom is 0.287 e. The molecule has 0 bridgehead atoms. The summed E-state index contributed by atoms with van der Waals surface area (Å²) in [5, 5.41) is 4.08. The van der Waals surface area contributed by atoms with E-state index in [1.807, 2.05) is 25.1 Å². The number of aryl methyl sites for hydroxylation is 1. The van der Waals surface area contributed by atoms with Crippen LogP contribution in [0.15, 0.2) is 22.6 Å². The highest BCUT2D eigenvalue weighted by atomic mass is 16.5. The lowest BCUT2D eigenvalue weighted by atomic mass is 9.86. The zero-order valence-corrected chi connectivity index (χ0v) is 13.4. The van der Waals surface area contributed by atoms with Gasteiger partial charge in [0.25, 0.3) is 5.91 Å². The second-order valence-corrected chi connectivity index (χ2v) is 6.26. The van der Waals surface area contributed by atoms with Crippen LogP contribution in [0.4, 0.5) is 0 Å². The predicted molar refractivity (Wildman–Crippen MR) is 86.4 cm³/mol. The number of nitrogens with one attached hydrogen (secondary N) is 1. The first-order valence-electron chi connectivity index (χ1n) is 7.98. The highest BCUT2D eigenvalue weighted by Gasteiger charge is 2.26. The molecule has 1 aliphatic carbocycles. The van der Waals surface area contributed by atoms with Crippen LogP contribution in [0.3, 0.4) is 0 Å². The van der Waals surface area contributed by atoms with Crippen molar-refractivity contribution in [1.29, 1.82) is 0 Å². The van der Waals surface area contributed by atoms with Gasteiger partial charge in [0, 0.05) is 17.0 Å².